The lowest BCUT2D eigenvalue weighted by Crippen LogP contribution is -2.50. The Morgan fingerprint density at radius 3 is 2.56 bits per heavy atom. The predicted molar refractivity (Wildman–Crippen MR) is 133 cm³/mol. The van der Waals surface area contributed by atoms with E-state index in [2.05, 4.69) is 65.9 Å². The number of rotatable bonds is 9. The van der Waals surface area contributed by atoms with Gasteiger partial charge in [-0.2, -0.15) is 0 Å². The maximum Gasteiger partial charge on any atom is 0.336 e. The van der Waals surface area contributed by atoms with Crippen molar-refractivity contribution in [1.29, 1.82) is 0 Å². The molecule has 0 aromatic carbocycles. The van der Waals surface area contributed by atoms with Gasteiger partial charge in [0.1, 0.15) is 6.10 Å². The van der Waals surface area contributed by atoms with E-state index in [-0.39, 0.29) is 35.2 Å². The van der Waals surface area contributed by atoms with E-state index in [4.69, 9.17) is 13.9 Å². The molecule has 5 heteroatoms. The van der Waals surface area contributed by atoms with Gasteiger partial charge in [-0.3, -0.25) is 0 Å². The molecule has 0 bridgehead atoms. The molecule has 0 spiro atoms. The average Bonchev–Trinajstić information content (AvgIpc) is 3.08. The minimum atomic E-state index is -1.85. The summed E-state index contributed by atoms with van der Waals surface area (Å²) >= 11 is 0. The largest absolute Gasteiger partial charge is 0.460 e. The van der Waals surface area contributed by atoms with Crippen LogP contribution in [0.4, 0.5) is 0 Å². The zero-order chi connectivity index (χ0) is 23.5. The van der Waals surface area contributed by atoms with Gasteiger partial charge in [-0.05, 0) is 49.9 Å². The Kier molecular flexibility index (Phi) is 8.49. The van der Waals surface area contributed by atoms with Crippen molar-refractivity contribution in [1.82, 2.24) is 0 Å². The van der Waals surface area contributed by atoms with Crippen LogP contribution < -0.4 is 0 Å². The van der Waals surface area contributed by atoms with Gasteiger partial charge in [0.2, 0.25) is 0 Å². The third-order valence-electron chi connectivity index (χ3n) is 8.10. The molecule has 2 fully saturated rings. The van der Waals surface area contributed by atoms with Crippen LogP contribution in [0.1, 0.15) is 86.0 Å². The Bertz CT molecular complexity index is 705. The lowest BCUT2D eigenvalue weighted by atomic mass is 9.79. The lowest BCUT2D eigenvalue weighted by molar-refractivity contribution is -0.185. The first kappa shape index (κ1) is 25.7. The molecule has 1 saturated carbocycles. The van der Waals surface area contributed by atoms with Crippen LogP contribution in [-0.2, 0) is 18.7 Å². The molecule has 3 aliphatic rings. The van der Waals surface area contributed by atoms with Gasteiger partial charge < -0.3 is 13.9 Å². The SMILES string of the molecule is CCCCCCC/C=C/[C@@H]1O[C@H]2C(=O)O[C@H]3C[C@@H](O[Si](C)(C)C(C)(C)C)C[C@@H]3[C@H]2C=C1C. The molecule has 0 aromatic heterocycles. The number of esters is 1. The summed E-state index contributed by atoms with van der Waals surface area (Å²) in [5.74, 6) is 0.213. The van der Waals surface area contributed by atoms with E-state index in [1.165, 1.54) is 37.7 Å². The van der Waals surface area contributed by atoms with Crippen molar-refractivity contribution >= 4 is 14.3 Å². The molecule has 3 rings (SSSR count). The number of carbonyl (C=O) groups is 1. The number of hydrogen-bond acceptors (Lipinski definition) is 4. The maximum absolute atomic E-state index is 12.8. The summed E-state index contributed by atoms with van der Waals surface area (Å²) in [5, 5.41) is 0.181. The molecule has 32 heavy (non-hydrogen) atoms. The Labute approximate surface area is 197 Å². The summed E-state index contributed by atoms with van der Waals surface area (Å²) < 4.78 is 18.9. The van der Waals surface area contributed by atoms with Crippen LogP contribution >= 0.6 is 0 Å². The highest BCUT2D eigenvalue weighted by Crippen LogP contribution is 2.47. The van der Waals surface area contributed by atoms with Crippen molar-refractivity contribution in [2.24, 2.45) is 11.8 Å². The number of ether oxygens (including phenoxy) is 2. The maximum atomic E-state index is 12.8. The summed E-state index contributed by atoms with van der Waals surface area (Å²) in [5.41, 5.74) is 1.22. The van der Waals surface area contributed by atoms with E-state index in [9.17, 15) is 4.79 Å². The van der Waals surface area contributed by atoms with Crippen molar-refractivity contribution in [2.45, 2.75) is 129 Å². The van der Waals surface area contributed by atoms with Crippen molar-refractivity contribution in [2.75, 3.05) is 0 Å². The summed E-state index contributed by atoms with van der Waals surface area (Å²) in [6, 6.07) is 0. The molecule has 0 radical (unpaired) electrons. The van der Waals surface area contributed by atoms with Crippen molar-refractivity contribution in [3.8, 4) is 0 Å². The van der Waals surface area contributed by atoms with Crippen molar-refractivity contribution in [3.05, 3.63) is 23.8 Å². The highest BCUT2D eigenvalue weighted by atomic mass is 28.4. The Morgan fingerprint density at radius 1 is 1.16 bits per heavy atom. The first-order valence-electron chi connectivity index (χ1n) is 12.9. The summed E-state index contributed by atoms with van der Waals surface area (Å²) in [6.45, 7) is 15.8. The number of unbranched alkanes of at least 4 members (excludes halogenated alkanes) is 5. The van der Waals surface area contributed by atoms with Gasteiger partial charge in [0.25, 0.3) is 0 Å². The second-order valence-corrected chi connectivity index (χ2v) is 16.5. The second kappa shape index (κ2) is 10.6. The van der Waals surface area contributed by atoms with Gasteiger partial charge >= 0.3 is 5.97 Å². The first-order chi connectivity index (χ1) is 15.0. The van der Waals surface area contributed by atoms with E-state index in [1.807, 2.05) is 0 Å². The normalized spacial score (nSPS) is 33.1. The molecule has 2 aliphatic heterocycles. The Balaban J connectivity index is 1.61. The Morgan fingerprint density at radius 2 is 1.88 bits per heavy atom. The van der Waals surface area contributed by atoms with Crippen LogP contribution in [0.15, 0.2) is 23.8 Å². The number of hydrogen-bond donors (Lipinski definition) is 0. The number of fused-ring (bicyclic) bond motifs is 3. The second-order valence-electron chi connectivity index (χ2n) is 11.7. The molecule has 182 valence electrons. The van der Waals surface area contributed by atoms with Crippen molar-refractivity contribution in [3.63, 3.8) is 0 Å². The summed E-state index contributed by atoms with van der Waals surface area (Å²) in [7, 11) is -1.85. The standard InChI is InChI=1S/C27H46O4Si/c1-8-9-10-11-12-13-14-15-23-19(2)16-22-21-17-20(31-32(6,7)27(3,4)5)18-24(21)30-26(28)25(22)29-23/h14-16,20-25H,8-13,17-18H2,1-7H3/b15-14+/t20-,21+,22+,23-,24-,25+/m0/s1. The molecule has 0 N–H and O–H groups in total. The van der Waals surface area contributed by atoms with Crippen LogP contribution in [0.5, 0.6) is 0 Å². The van der Waals surface area contributed by atoms with E-state index in [1.54, 1.807) is 0 Å². The molecular formula is C27H46O4Si. The monoisotopic (exact) mass is 462 g/mol. The topological polar surface area (TPSA) is 44.8 Å². The number of allylic oxidation sites excluding steroid dienone is 1. The molecule has 1 aliphatic carbocycles. The number of carbonyl (C=O) groups excluding carboxylic acids is 1. The fourth-order valence-corrected chi connectivity index (χ4v) is 6.50. The third kappa shape index (κ3) is 5.95. The van der Waals surface area contributed by atoms with Gasteiger partial charge in [0.05, 0.1) is 6.10 Å². The Hall–Kier alpha value is -0.913. The average molecular weight is 463 g/mol. The van der Waals surface area contributed by atoms with Crippen LogP contribution in [0, 0.1) is 11.8 Å². The third-order valence-corrected chi connectivity index (χ3v) is 12.6. The smallest absolute Gasteiger partial charge is 0.336 e. The van der Waals surface area contributed by atoms with Gasteiger partial charge in [0.15, 0.2) is 14.4 Å². The van der Waals surface area contributed by atoms with Gasteiger partial charge in [-0.1, -0.05) is 71.6 Å². The molecular weight excluding hydrogens is 416 g/mol. The highest BCUT2D eigenvalue weighted by Gasteiger charge is 2.53. The molecule has 6 atom stereocenters. The van der Waals surface area contributed by atoms with Crippen molar-refractivity contribution < 1.29 is 18.7 Å². The van der Waals surface area contributed by atoms with Gasteiger partial charge in [-0.15, -0.1) is 0 Å². The lowest BCUT2D eigenvalue weighted by Gasteiger charge is -2.41. The van der Waals surface area contributed by atoms with Gasteiger partial charge in [-0.25, -0.2) is 4.79 Å². The van der Waals surface area contributed by atoms with Crippen LogP contribution in [0.3, 0.4) is 0 Å². The van der Waals surface area contributed by atoms with Crippen LogP contribution in [-0.4, -0.2) is 38.7 Å². The minimum absolute atomic E-state index is 0.0404. The molecule has 1 saturated heterocycles. The fourth-order valence-electron chi connectivity index (χ4n) is 5.12. The molecule has 2 heterocycles. The zero-order valence-corrected chi connectivity index (χ0v) is 22.5. The van der Waals surface area contributed by atoms with E-state index in [0.29, 0.717) is 5.92 Å². The highest BCUT2D eigenvalue weighted by molar-refractivity contribution is 6.74. The van der Waals surface area contributed by atoms with E-state index in [0.717, 1.165) is 19.3 Å². The zero-order valence-electron chi connectivity index (χ0n) is 21.5. The summed E-state index contributed by atoms with van der Waals surface area (Å²) in [6.07, 6.45) is 15.5. The molecule has 0 unspecified atom stereocenters. The first-order valence-corrected chi connectivity index (χ1v) is 15.8. The van der Waals surface area contributed by atoms with E-state index >= 15 is 0 Å². The summed E-state index contributed by atoms with van der Waals surface area (Å²) in [4.78, 5) is 12.8. The van der Waals surface area contributed by atoms with Crippen LogP contribution in [0.25, 0.3) is 0 Å². The quantitative estimate of drug-likeness (QED) is 0.161. The fraction of sp³-hybridized carbons (Fsp3) is 0.815. The minimum Gasteiger partial charge on any atom is -0.460 e. The van der Waals surface area contributed by atoms with E-state index < -0.39 is 14.4 Å². The molecule has 0 amide bonds. The predicted octanol–water partition coefficient (Wildman–Crippen LogP) is 6.96. The molecule has 4 nitrogen and oxygen atoms in total. The molecule has 0 aromatic rings. The van der Waals surface area contributed by atoms with Gasteiger partial charge in [0, 0.05) is 24.4 Å². The van der Waals surface area contributed by atoms with Crippen LogP contribution in [0.2, 0.25) is 18.1 Å².